The first-order chi connectivity index (χ1) is 7.86. The summed E-state index contributed by atoms with van der Waals surface area (Å²) in [6.07, 6.45) is -4.42. The topological polar surface area (TPSA) is 43.4 Å². The van der Waals surface area contributed by atoms with Gasteiger partial charge in [0.25, 0.3) is 0 Å². The molecule has 0 aromatic rings. The van der Waals surface area contributed by atoms with Crippen LogP contribution in [-0.2, 0) is 14.3 Å². The lowest BCUT2D eigenvalue weighted by molar-refractivity contribution is -0.196. The van der Waals surface area contributed by atoms with E-state index in [4.69, 9.17) is 0 Å². The van der Waals surface area contributed by atoms with Crippen molar-refractivity contribution in [3.63, 3.8) is 0 Å². The van der Waals surface area contributed by atoms with Gasteiger partial charge in [0.1, 0.15) is 5.78 Å². The van der Waals surface area contributed by atoms with Gasteiger partial charge in [-0.25, -0.2) is 0 Å². The van der Waals surface area contributed by atoms with E-state index in [2.05, 4.69) is 4.74 Å². The lowest BCUT2D eigenvalue weighted by Crippen LogP contribution is -2.34. The van der Waals surface area contributed by atoms with E-state index in [1.54, 1.807) is 0 Å². The fourth-order valence-electron chi connectivity index (χ4n) is 2.15. The average molecular weight is 252 g/mol. The summed E-state index contributed by atoms with van der Waals surface area (Å²) >= 11 is 0. The second-order valence-corrected chi connectivity index (χ2v) is 4.12. The highest BCUT2D eigenvalue weighted by Crippen LogP contribution is 2.40. The molecule has 0 N–H and O–H groups in total. The molecule has 98 valence electrons. The Morgan fingerprint density at radius 1 is 1.53 bits per heavy atom. The number of ether oxygens (including phenoxy) is 1. The number of esters is 1. The third-order valence-corrected chi connectivity index (χ3v) is 2.95. The summed E-state index contributed by atoms with van der Waals surface area (Å²) in [7, 11) is 0. The van der Waals surface area contributed by atoms with Crippen molar-refractivity contribution in [1.82, 2.24) is 0 Å². The molecule has 3 nitrogen and oxygen atoms in total. The van der Waals surface area contributed by atoms with E-state index in [-0.39, 0.29) is 19.4 Å². The van der Waals surface area contributed by atoms with Gasteiger partial charge in [0.05, 0.1) is 18.9 Å². The van der Waals surface area contributed by atoms with Gasteiger partial charge in [0.2, 0.25) is 0 Å². The Morgan fingerprint density at radius 3 is 2.59 bits per heavy atom. The average Bonchev–Trinajstić information content (AvgIpc) is 2.59. The normalized spacial score (nSPS) is 22.6. The summed E-state index contributed by atoms with van der Waals surface area (Å²) in [5, 5.41) is 0. The molecule has 1 aliphatic rings. The van der Waals surface area contributed by atoms with Crippen molar-refractivity contribution in [3.8, 4) is 0 Å². The zero-order valence-electron chi connectivity index (χ0n) is 9.55. The summed E-state index contributed by atoms with van der Waals surface area (Å²) in [4.78, 5) is 22.5. The van der Waals surface area contributed by atoms with Crippen molar-refractivity contribution < 1.29 is 27.5 Å². The third-order valence-electron chi connectivity index (χ3n) is 2.95. The van der Waals surface area contributed by atoms with Gasteiger partial charge in [-0.15, -0.1) is 0 Å². The molecule has 1 saturated carbocycles. The van der Waals surface area contributed by atoms with E-state index in [1.807, 2.05) is 0 Å². The van der Waals surface area contributed by atoms with Crippen LogP contribution < -0.4 is 0 Å². The van der Waals surface area contributed by atoms with Gasteiger partial charge in [-0.2, -0.15) is 13.2 Å². The highest BCUT2D eigenvalue weighted by atomic mass is 19.4. The van der Waals surface area contributed by atoms with Crippen LogP contribution in [0.5, 0.6) is 0 Å². The van der Waals surface area contributed by atoms with Crippen LogP contribution in [0.1, 0.15) is 32.6 Å². The number of hydrogen-bond acceptors (Lipinski definition) is 3. The molecule has 0 radical (unpaired) electrons. The van der Waals surface area contributed by atoms with Gasteiger partial charge in [0.15, 0.2) is 0 Å². The predicted molar refractivity (Wildman–Crippen MR) is 53.1 cm³/mol. The van der Waals surface area contributed by atoms with Crippen LogP contribution in [0.3, 0.4) is 0 Å². The highest BCUT2D eigenvalue weighted by Gasteiger charge is 2.49. The Labute approximate surface area is 97.3 Å². The largest absolute Gasteiger partial charge is 0.466 e. The SMILES string of the molecule is CCOC(=O)CC(C1CCCC1=O)C(F)(F)F. The summed E-state index contributed by atoms with van der Waals surface area (Å²) in [6, 6.07) is 0. The number of hydrogen-bond donors (Lipinski definition) is 0. The highest BCUT2D eigenvalue weighted by molar-refractivity contribution is 5.84. The van der Waals surface area contributed by atoms with Crippen LogP contribution in [-0.4, -0.2) is 24.5 Å². The maximum Gasteiger partial charge on any atom is 0.393 e. The Morgan fingerprint density at radius 2 is 2.18 bits per heavy atom. The van der Waals surface area contributed by atoms with Crippen molar-refractivity contribution in [2.75, 3.05) is 6.61 Å². The van der Waals surface area contributed by atoms with Crippen LogP contribution >= 0.6 is 0 Å². The zero-order chi connectivity index (χ0) is 13.1. The van der Waals surface area contributed by atoms with E-state index in [0.717, 1.165) is 0 Å². The van der Waals surface area contributed by atoms with E-state index >= 15 is 0 Å². The van der Waals surface area contributed by atoms with Crippen LogP contribution in [0.15, 0.2) is 0 Å². The number of alkyl halides is 3. The predicted octanol–water partition coefficient (Wildman–Crippen LogP) is 2.49. The molecule has 1 rings (SSSR count). The monoisotopic (exact) mass is 252 g/mol. The minimum atomic E-state index is -4.53. The molecule has 0 aliphatic heterocycles. The Bertz CT molecular complexity index is 299. The molecule has 2 atom stereocenters. The van der Waals surface area contributed by atoms with E-state index in [0.29, 0.717) is 6.42 Å². The van der Waals surface area contributed by atoms with Crippen molar-refractivity contribution in [1.29, 1.82) is 0 Å². The fraction of sp³-hybridized carbons (Fsp3) is 0.818. The number of carbonyl (C=O) groups is 2. The lowest BCUT2D eigenvalue weighted by atomic mass is 9.87. The maximum absolute atomic E-state index is 12.8. The van der Waals surface area contributed by atoms with Gasteiger partial charge in [-0.1, -0.05) is 0 Å². The molecule has 0 saturated heterocycles. The van der Waals surface area contributed by atoms with Gasteiger partial charge in [0, 0.05) is 12.3 Å². The molecule has 2 unspecified atom stereocenters. The van der Waals surface area contributed by atoms with Gasteiger partial charge in [-0.3, -0.25) is 9.59 Å². The maximum atomic E-state index is 12.8. The van der Waals surface area contributed by atoms with Crippen LogP contribution in [0.25, 0.3) is 0 Å². The molecule has 1 aliphatic carbocycles. The molecule has 0 heterocycles. The lowest BCUT2D eigenvalue weighted by Gasteiger charge is -2.24. The zero-order valence-corrected chi connectivity index (χ0v) is 9.55. The number of rotatable bonds is 4. The summed E-state index contributed by atoms with van der Waals surface area (Å²) in [6.45, 7) is 1.57. The second kappa shape index (κ2) is 5.51. The number of halogens is 3. The van der Waals surface area contributed by atoms with Crippen molar-refractivity contribution in [3.05, 3.63) is 0 Å². The minimum absolute atomic E-state index is 0.0437. The first kappa shape index (κ1) is 14.0. The van der Waals surface area contributed by atoms with E-state index < -0.39 is 36.2 Å². The summed E-state index contributed by atoms with van der Waals surface area (Å²) in [5.74, 6) is -4.25. The van der Waals surface area contributed by atoms with Crippen molar-refractivity contribution >= 4 is 11.8 Å². The number of ketones is 1. The standard InChI is InChI=1S/C11H15F3O3/c1-2-17-10(16)6-8(11(12,13)14)7-4-3-5-9(7)15/h7-8H,2-6H2,1H3. The molecule has 6 heteroatoms. The molecular formula is C11H15F3O3. The quantitative estimate of drug-likeness (QED) is 0.722. The third kappa shape index (κ3) is 3.71. The minimum Gasteiger partial charge on any atom is -0.466 e. The van der Waals surface area contributed by atoms with E-state index in [9.17, 15) is 22.8 Å². The molecule has 0 bridgehead atoms. The van der Waals surface area contributed by atoms with Gasteiger partial charge in [-0.05, 0) is 19.8 Å². The molecule has 0 aromatic heterocycles. The fourth-order valence-corrected chi connectivity index (χ4v) is 2.15. The molecule has 0 spiro atoms. The molecule has 17 heavy (non-hydrogen) atoms. The van der Waals surface area contributed by atoms with E-state index in [1.165, 1.54) is 6.92 Å². The molecular weight excluding hydrogens is 237 g/mol. The van der Waals surface area contributed by atoms with Crippen molar-refractivity contribution in [2.45, 2.75) is 38.8 Å². The smallest absolute Gasteiger partial charge is 0.393 e. The Hall–Kier alpha value is -1.07. The van der Waals surface area contributed by atoms with Gasteiger partial charge >= 0.3 is 12.1 Å². The second-order valence-electron chi connectivity index (χ2n) is 4.12. The number of carbonyl (C=O) groups excluding carboxylic acids is 2. The van der Waals surface area contributed by atoms with Crippen molar-refractivity contribution in [2.24, 2.45) is 11.8 Å². The van der Waals surface area contributed by atoms with Crippen LogP contribution in [0.4, 0.5) is 13.2 Å². The van der Waals surface area contributed by atoms with Crippen LogP contribution in [0, 0.1) is 11.8 Å². The van der Waals surface area contributed by atoms with Gasteiger partial charge < -0.3 is 4.74 Å². The molecule has 0 aromatic carbocycles. The summed E-state index contributed by atoms with van der Waals surface area (Å²) < 4.78 is 42.9. The summed E-state index contributed by atoms with van der Waals surface area (Å²) in [5.41, 5.74) is 0. The van der Waals surface area contributed by atoms with Crippen LogP contribution in [0.2, 0.25) is 0 Å². The first-order valence-electron chi connectivity index (χ1n) is 5.61. The Balaban J connectivity index is 2.74. The molecule has 0 amide bonds. The first-order valence-corrected chi connectivity index (χ1v) is 5.61. The Kier molecular flexibility index (Phi) is 4.54. The number of Topliss-reactive ketones (excluding diaryl/α,β-unsaturated/α-hetero) is 1. The molecule has 1 fully saturated rings.